The van der Waals surface area contributed by atoms with E-state index in [1.165, 1.54) is 6.07 Å². The van der Waals surface area contributed by atoms with Crippen LogP contribution in [-0.2, 0) is 13.2 Å². The third kappa shape index (κ3) is 3.38. The molecule has 9 heteroatoms. The lowest BCUT2D eigenvalue weighted by Crippen LogP contribution is -2.49. The summed E-state index contributed by atoms with van der Waals surface area (Å²) in [5, 5.41) is 4.27. The van der Waals surface area contributed by atoms with E-state index in [4.69, 9.17) is 0 Å². The molecule has 26 heavy (non-hydrogen) atoms. The van der Waals surface area contributed by atoms with Crippen LogP contribution < -0.4 is 4.90 Å². The molecule has 1 aliphatic heterocycles. The van der Waals surface area contributed by atoms with Crippen LogP contribution in [0.3, 0.4) is 0 Å². The number of carbonyl (C=O) groups excluding carboxylic acids is 1. The number of alkyl halides is 3. The van der Waals surface area contributed by atoms with Crippen LogP contribution in [-0.4, -0.2) is 51.8 Å². The Bertz CT molecular complexity index is 805. The standard InChI is InChI=1S/C17H20F3N5O/c1-11-15(12(2)23(3)22-11)16(26)25-8-6-24(7-9-25)14-5-4-13(10-21-14)17(18,19)20/h4-5,10H,6-9H2,1-3H3. The van der Waals surface area contributed by atoms with E-state index in [0.29, 0.717) is 43.3 Å². The minimum atomic E-state index is -4.39. The molecule has 0 unspecified atom stereocenters. The maximum Gasteiger partial charge on any atom is 0.417 e. The van der Waals surface area contributed by atoms with Gasteiger partial charge in [0.05, 0.1) is 16.8 Å². The second kappa shape index (κ2) is 6.62. The van der Waals surface area contributed by atoms with Gasteiger partial charge in [-0.2, -0.15) is 18.3 Å². The van der Waals surface area contributed by atoms with Crippen LogP contribution in [0.15, 0.2) is 18.3 Å². The highest BCUT2D eigenvalue weighted by Crippen LogP contribution is 2.29. The molecular formula is C17H20F3N5O. The molecule has 6 nitrogen and oxygen atoms in total. The number of piperazine rings is 1. The van der Waals surface area contributed by atoms with Gasteiger partial charge in [0, 0.05) is 45.1 Å². The molecule has 0 aromatic carbocycles. The Labute approximate surface area is 149 Å². The zero-order chi connectivity index (χ0) is 19.1. The highest BCUT2D eigenvalue weighted by Gasteiger charge is 2.31. The summed E-state index contributed by atoms with van der Waals surface area (Å²) in [5.74, 6) is 0.423. The van der Waals surface area contributed by atoms with E-state index in [1.807, 2.05) is 18.7 Å². The number of anilines is 1. The number of aryl methyl sites for hydroxylation is 2. The van der Waals surface area contributed by atoms with Crippen molar-refractivity contribution in [3.63, 3.8) is 0 Å². The fraction of sp³-hybridized carbons (Fsp3) is 0.471. The SMILES string of the molecule is Cc1nn(C)c(C)c1C(=O)N1CCN(c2ccc(C(F)(F)F)cn2)CC1. The van der Waals surface area contributed by atoms with Gasteiger partial charge < -0.3 is 9.80 Å². The van der Waals surface area contributed by atoms with Gasteiger partial charge in [0.2, 0.25) is 0 Å². The number of halogens is 3. The minimum Gasteiger partial charge on any atom is -0.353 e. The molecule has 140 valence electrons. The first-order valence-electron chi connectivity index (χ1n) is 8.26. The fourth-order valence-corrected chi connectivity index (χ4v) is 3.12. The predicted molar refractivity (Wildman–Crippen MR) is 90.0 cm³/mol. The van der Waals surface area contributed by atoms with E-state index in [9.17, 15) is 18.0 Å². The van der Waals surface area contributed by atoms with Crippen LogP contribution >= 0.6 is 0 Å². The zero-order valence-electron chi connectivity index (χ0n) is 14.8. The van der Waals surface area contributed by atoms with Gasteiger partial charge in [-0.05, 0) is 26.0 Å². The Balaban J connectivity index is 1.66. The number of aromatic nitrogens is 3. The van der Waals surface area contributed by atoms with E-state index >= 15 is 0 Å². The number of nitrogens with zero attached hydrogens (tertiary/aromatic N) is 5. The number of hydrogen-bond acceptors (Lipinski definition) is 4. The molecule has 0 spiro atoms. The molecule has 0 atom stereocenters. The Morgan fingerprint density at radius 1 is 1.12 bits per heavy atom. The van der Waals surface area contributed by atoms with Crippen LogP contribution in [0, 0.1) is 13.8 Å². The molecule has 1 saturated heterocycles. The van der Waals surface area contributed by atoms with E-state index in [0.717, 1.165) is 18.0 Å². The molecule has 1 aliphatic rings. The van der Waals surface area contributed by atoms with E-state index < -0.39 is 11.7 Å². The monoisotopic (exact) mass is 367 g/mol. The maximum atomic E-state index is 12.8. The fourth-order valence-electron chi connectivity index (χ4n) is 3.12. The number of rotatable bonds is 2. The maximum absolute atomic E-state index is 12.8. The summed E-state index contributed by atoms with van der Waals surface area (Å²) < 4.78 is 39.6. The zero-order valence-corrected chi connectivity index (χ0v) is 14.8. The summed E-state index contributed by atoms with van der Waals surface area (Å²) in [5.41, 5.74) is 1.37. The molecule has 1 amide bonds. The smallest absolute Gasteiger partial charge is 0.353 e. The Hall–Kier alpha value is -2.58. The third-order valence-electron chi connectivity index (χ3n) is 4.69. The summed E-state index contributed by atoms with van der Waals surface area (Å²) >= 11 is 0. The average Bonchev–Trinajstić information content (AvgIpc) is 2.86. The molecule has 0 N–H and O–H groups in total. The van der Waals surface area contributed by atoms with Gasteiger partial charge in [0.15, 0.2) is 0 Å². The summed E-state index contributed by atoms with van der Waals surface area (Å²) in [4.78, 5) is 20.3. The van der Waals surface area contributed by atoms with Gasteiger partial charge in [0.1, 0.15) is 5.82 Å². The summed E-state index contributed by atoms with van der Waals surface area (Å²) in [7, 11) is 1.80. The lowest BCUT2D eigenvalue weighted by molar-refractivity contribution is -0.137. The normalized spacial score (nSPS) is 15.5. The lowest BCUT2D eigenvalue weighted by atomic mass is 10.1. The quantitative estimate of drug-likeness (QED) is 0.818. The first-order valence-corrected chi connectivity index (χ1v) is 8.26. The van der Waals surface area contributed by atoms with Crippen molar-refractivity contribution in [2.24, 2.45) is 7.05 Å². The average molecular weight is 367 g/mol. The molecule has 0 aliphatic carbocycles. The first-order chi connectivity index (χ1) is 12.2. The van der Waals surface area contributed by atoms with Crippen LogP contribution in [0.4, 0.5) is 19.0 Å². The highest BCUT2D eigenvalue weighted by atomic mass is 19.4. The van der Waals surface area contributed by atoms with Crippen molar-refractivity contribution < 1.29 is 18.0 Å². The summed E-state index contributed by atoms with van der Waals surface area (Å²) in [6.45, 7) is 5.66. The topological polar surface area (TPSA) is 54.3 Å². The first kappa shape index (κ1) is 18.2. The Morgan fingerprint density at radius 2 is 1.77 bits per heavy atom. The van der Waals surface area contributed by atoms with Crippen LogP contribution in [0.2, 0.25) is 0 Å². The van der Waals surface area contributed by atoms with E-state index in [1.54, 1.807) is 16.6 Å². The number of carbonyl (C=O) groups is 1. The van der Waals surface area contributed by atoms with Crippen LogP contribution in [0.5, 0.6) is 0 Å². The summed E-state index contributed by atoms with van der Waals surface area (Å²) in [6, 6.07) is 2.40. The molecule has 1 fully saturated rings. The van der Waals surface area contributed by atoms with Gasteiger partial charge >= 0.3 is 6.18 Å². The van der Waals surface area contributed by atoms with Crippen LogP contribution in [0.1, 0.15) is 27.3 Å². The van der Waals surface area contributed by atoms with Crippen molar-refractivity contribution in [2.75, 3.05) is 31.1 Å². The Morgan fingerprint density at radius 3 is 2.23 bits per heavy atom. The highest BCUT2D eigenvalue weighted by molar-refractivity contribution is 5.96. The van der Waals surface area contributed by atoms with Gasteiger partial charge in [-0.25, -0.2) is 4.98 Å². The van der Waals surface area contributed by atoms with Crippen molar-refractivity contribution >= 4 is 11.7 Å². The van der Waals surface area contributed by atoms with Gasteiger partial charge in [-0.1, -0.05) is 0 Å². The molecule has 0 bridgehead atoms. The molecular weight excluding hydrogens is 347 g/mol. The number of hydrogen-bond donors (Lipinski definition) is 0. The molecule has 3 rings (SSSR count). The molecule has 0 radical (unpaired) electrons. The largest absolute Gasteiger partial charge is 0.417 e. The summed E-state index contributed by atoms with van der Waals surface area (Å²) in [6.07, 6.45) is -3.55. The third-order valence-corrected chi connectivity index (χ3v) is 4.69. The van der Waals surface area contributed by atoms with Gasteiger partial charge in [-0.3, -0.25) is 9.48 Å². The predicted octanol–water partition coefficient (Wildman–Crippen LogP) is 2.41. The second-order valence-electron chi connectivity index (χ2n) is 6.35. The van der Waals surface area contributed by atoms with Crippen molar-refractivity contribution in [1.82, 2.24) is 19.7 Å². The van der Waals surface area contributed by atoms with Gasteiger partial charge in [0.25, 0.3) is 5.91 Å². The Kier molecular flexibility index (Phi) is 4.64. The van der Waals surface area contributed by atoms with Crippen molar-refractivity contribution in [3.8, 4) is 0 Å². The van der Waals surface area contributed by atoms with E-state index in [2.05, 4.69) is 10.1 Å². The van der Waals surface area contributed by atoms with Crippen molar-refractivity contribution in [2.45, 2.75) is 20.0 Å². The molecule has 2 aromatic rings. The molecule has 0 saturated carbocycles. The number of pyridine rings is 1. The van der Waals surface area contributed by atoms with Crippen LogP contribution in [0.25, 0.3) is 0 Å². The molecule has 3 heterocycles. The molecule has 2 aromatic heterocycles. The lowest BCUT2D eigenvalue weighted by Gasteiger charge is -2.35. The van der Waals surface area contributed by atoms with Gasteiger partial charge in [-0.15, -0.1) is 0 Å². The van der Waals surface area contributed by atoms with Crippen molar-refractivity contribution in [1.29, 1.82) is 0 Å². The van der Waals surface area contributed by atoms with E-state index in [-0.39, 0.29) is 5.91 Å². The second-order valence-corrected chi connectivity index (χ2v) is 6.35. The minimum absolute atomic E-state index is 0.0619. The number of amides is 1. The van der Waals surface area contributed by atoms with Crippen molar-refractivity contribution in [3.05, 3.63) is 40.8 Å².